The highest BCUT2D eigenvalue weighted by Crippen LogP contribution is 2.19. The normalized spacial score (nSPS) is 11.7. The van der Waals surface area contributed by atoms with E-state index in [0.29, 0.717) is 16.4 Å². The van der Waals surface area contributed by atoms with Crippen molar-refractivity contribution in [1.82, 2.24) is 0 Å². The molecule has 0 radical (unpaired) electrons. The number of nitrogens with two attached hydrogens (primary N) is 1. The van der Waals surface area contributed by atoms with Crippen LogP contribution in [0.4, 0.5) is 11.4 Å². The Hall–Kier alpha value is -1.98. The largest absolute Gasteiger partial charge is 0.397 e. The smallest absolute Gasteiger partial charge is 0.255 e. The van der Waals surface area contributed by atoms with Crippen LogP contribution in [0.1, 0.15) is 5.56 Å². The van der Waals surface area contributed by atoms with E-state index in [1.807, 2.05) is 0 Å². The fourth-order valence-electron chi connectivity index (χ4n) is 1.52. The lowest BCUT2D eigenvalue weighted by Gasteiger charge is -2.06. The molecular weight excluding hydrogens is 296 g/mol. The molecule has 3 N–H and O–H groups in total. The average Bonchev–Trinajstić information content (AvgIpc) is 2.41. The van der Waals surface area contributed by atoms with Gasteiger partial charge in [-0.1, -0.05) is 35.9 Å². The molecule has 0 saturated carbocycles. The van der Waals surface area contributed by atoms with E-state index in [1.165, 1.54) is 6.08 Å². The molecule has 0 saturated heterocycles. The fourth-order valence-corrected chi connectivity index (χ4v) is 2.54. The number of rotatable bonds is 4. The van der Waals surface area contributed by atoms with Gasteiger partial charge in [0.25, 0.3) is 10.0 Å². The van der Waals surface area contributed by atoms with Crippen molar-refractivity contribution in [3.63, 3.8) is 0 Å². The summed E-state index contributed by atoms with van der Waals surface area (Å²) in [7, 11) is -3.61. The van der Waals surface area contributed by atoms with Gasteiger partial charge < -0.3 is 5.73 Å². The number of hydrogen-bond donors (Lipinski definition) is 2. The molecule has 2 aromatic rings. The van der Waals surface area contributed by atoms with Crippen LogP contribution in [0.3, 0.4) is 0 Å². The molecule has 4 nitrogen and oxygen atoms in total. The SMILES string of the molecule is Nc1ccccc1NS(=O)(=O)/C=C/c1ccc(Cl)cc1. The predicted octanol–water partition coefficient (Wildman–Crippen LogP) is 3.33. The Morgan fingerprint density at radius 1 is 1.05 bits per heavy atom. The molecule has 0 fully saturated rings. The molecule has 0 unspecified atom stereocenters. The first-order chi connectivity index (χ1) is 9.46. The third-order valence-electron chi connectivity index (χ3n) is 2.52. The Labute approximate surface area is 122 Å². The van der Waals surface area contributed by atoms with Gasteiger partial charge in [-0.05, 0) is 35.9 Å². The number of nitrogen functional groups attached to an aromatic ring is 1. The van der Waals surface area contributed by atoms with E-state index in [2.05, 4.69) is 4.72 Å². The van der Waals surface area contributed by atoms with E-state index < -0.39 is 10.0 Å². The molecule has 0 aliphatic rings. The van der Waals surface area contributed by atoms with Gasteiger partial charge in [0.05, 0.1) is 16.8 Å². The van der Waals surface area contributed by atoms with Gasteiger partial charge in [0.2, 0.25) is 0 Å². The van der Waals surface area contributed by atoms with E-state index >= 15 is 0 Å². The van der Waals surface area contributed by atoms with Crippen LogP contribution in [-0.2, 0) is 10.0 Å². The summed E-state index contributed by atoms with van der Waals surface area (Å²) in [6, 6.07) is 13.5. The maximum absolute atomic E-state index is 11.9. The van der Waals surface area contributed by atoms with Gasteiger partial charge >= 0.3 is 0 Å². The zero-order valence-electron chi connectivity index (χ0n) is 10.5. The van der Waals surface area contributed by atoms with Crippen molar-refractivity contribution in [3.05, 3.63) is 64.5 Å². The first-order valence-electron chi connectivity index (χ1n) is 5.77. The Morgan fingerprint density at radius 2 is 1.70 bits per heavy atom. The van der Waals surface area contributed by atoms with Gasteiger partial charge in [-0.2, -0.15) is 0 Å². The molecule has 0 heterocycles. The second-order valence-electron chi connectivity index (χ2n) is 4.09. The van der Waals surface area contributed by atoms with E-state index in [0.717, 1.165) is 11.0 Å². The number of halogens is 1. The third-order valence-corrected chi connectivity index (χ3v) is 3.77. The summed E-state index contributed by atoms with van der Waals surface area (Å²) < 4.78 is 26.2. The second-order valence-corrected chi connectivity index (χ2v) is 6.09. The summed E-state index contributed by atoms with van der Waals surface area (Å²) in [5, 5.41) is 1.68. The molecule has 0 spiro atoms. The van der Waals surface area contributed by atoms with Gasteiger partial charge in [-0.15, -0.1) is 0 Å². The van der Waals surface area contributed by atoms with Crippen LogP contribution < -0.4 is 10.5 Å². The summed E-state index contributed by atoms with van der Waals surface area (Å²) in [6.45, 7) is 0. The summed E-state index contributed by atoms with van der Waals surface area (Å²) in [6.07, 6.45) is 1.48. The Bertz CT molecular complexity index is 725. The summed E-state index contributed by atoms with van der Waals surface area (Å²) in [4.78, 5) is 0. The van der Waals surface area contributed by atoms with Gasteiger partial charge in [0, 0.05) is 5.02 Å². The molecule has 104 valence electrons. The minimum Gasteiger partial charge on any atom is -0.397 e. The van der Waals surface area contributed by atoms with Crippen molar-refractivity contribution in [2.24, 2.45) is 0 Å². The lowest BCUT2D eigenvalue weighted by molar-refractivity contribution is 0.609. The van der Waals surface area contributed by atoms with E-state index in [1.54, 1.807) is 48.5 Å². The quantitative estimate of drug-likeness (QED) is 0.851. The molecule has 20 heavy (non-hydrogen) atoms. The molecule has 0 amide bonds. The Morgan fingerprint density at radius 3 is 2.35 bits per heavy atom. The van der Waals surface area contributed by atoms with Crippen molar-refractivity contribution in [2.75, 3.05) is 10.5 Å². The zero-order chi connectivity index (χ0) is 14.6. The molecule has 0 atom stereocenters. The van der Waals surface area contributed by atoms with Crippen molar-refractivity contribution in [3.8, 4) is 0 Å². The van der Waals surface area contributed by atoms with Crippen molar-refractivity contribution < 1.29 is 8.42 Å². The Kier molecular flexibility index (Phi) is 4.32. The average molecular weight is 309 g/mol. The standard InChI is InChI=1S/C14H13ClN2O2S/c15-12-7-5-11(6-8-12)9-10-20(18,19)17-14-4-2-1-3-13(14)16/h1-10,17H,16H2/b10-9+. The fraction of sp³-hybridized carbons (Fsp3) is 0. The molecule has 2 aromatic carbocycles. The first kappa shape index (κ1) is 14.4. The number of hydrogen-bond acceptors (Lipinski definition) is 3. The Balaban J connectivity index is 2.15. The molecule has 6 heteroatoms. The molecule has 0 aliphatic carbocycles. The van der Waals surface area contributed by atoms with Crippen LogP contribution in [0.5, 0.6) is 0 Å². The molecular formula is C14H13ClN2O2S. The topological polar surface area (TPSA) is 72.2 Å². The van der Waals surface area contributed by atoms with E-state index in [9.17, 15) is 8.42 Å². The van der Waals surface area contributed by atoms with Gasteiger partial charge in [0.1, 0.15) is 0 Å². The zero-order valence-corrected chi connectivity index (χ0v) is 12.0. The van der Waals surface area contributed by atoms with E-state index in [-0.39, 0.29) is 0 Å². The van der Waals surface area contributed by atoms with Crippen LogP contribution in [0.2, 0.25) is 5.02 Å². The van der Waals surface area contributed by atoms with E-state index in [4.69, 9.17) is 17.3 Å². The highest BCUT2D eigenvalue weighted by Gasteiger charge is 2.07. The molecule has 0 aliphatic heterocycles. The third kappa shape index (κ3) is 4.01. The minimum absolute atomic E-state index is 0.355. The highest BCUT2D eigenvalue weighted by atomic mass is 35.5. The van der Waals surface area contributed by atoms with Crippen LogP contribution in [0.15, 0.2) is 53.9 Å². The highest BCUT2D eigenvalue weighted by molar-refractivity contribution is 7.95. The molecule has 2 rings (SSSR count). The predicted molar refractivity (Wildman–Crippen MR) is 83.9 cm³/mol. The number of sulfonamides is 1. The number of anilines is 2. The maximum Gasteiger partial charge on any atom is 0.255 e. The summed E-state index contributed by atoms with van der Waals surface area (Å²) >= 11 is 5.76. The van der Waals surface area contributed by atoms with Gasteiger partial charge in [-0.25, -0.2) is 8.42 Å². The minimum atomic E-state index is -3.61. The lowest BCUT2D eigenvalue weighted by atomic mass is 10.2. The molecule has 0 aromatic heterocycles. The van der Waals surface area contributed by atoms with Crippen LogP contribution >= 0.6 is 11.6 Å². The van der Waals surface area contributed by atoms with Crippen LogP contribution in [0.25, 0.3) is 6.08 Å². The van der Waals surface area contributed by atoms with Crippen molar-refractivity contribution in [1.29, 1.82) is 0 Å². The van der Waals surface area contributed by atoms with Gasteiger partial charge in [-0.3, -0.25) is 4.72 Å². The van der Waals surface area contributed by atoms with Gasteiger partial charge in [0.15, 0.2) is 0 Å². The number of nitrogens with one attached hydrogen (secondary N) is 1. The van der Waals surface area contributed by atoms with Crippen molar-refractivity contribution in [2.45, 2.75) is 0 Å². The number of benzene rings is 2. The monoisotopic (exact) mass is 308 g/mol. The maximum atomic E-state index is 11.9. The second kappa shape index (κ2) is 5.98. The van der Waals surface area contributed by atoms with Crippen LogP contribution in [0, 0.1) is 0 Å². The first-order valence-corrected chi connectivity index (χ1v) is 7.70. The number of para-hydroxylation sites is 2. The summed E-state index contributed by atoms with van der Waals surface area (Å²) in [5.74, 6) is 0. The lowest BCUT2D eigenvalue weighted by Crippen LogP contribution is -2.10. The molecule has 0 bridgehead atoms. The summed E-state index contributed by atoms with van der Waals surface area (Å²) in [5.41, 5.74) is 7.15. The van der Waals surface area contributed by atoms with Crippen molar-refractivity contribution >= 4 is 39.1 Å². The van der Waals surface area contributed by atoms with Crippen LogP contribution in [-0.4, -0.2) is 8.42 Å².